The van der Waals surface area contributed by atoms with Crippen molar-refractivity contribution in [2.75, 3.05) is 0 Å². The maximum Gasteiger partial charge on any atom is 0.311 e. The summed E-state index contributed by atoms with van der Waals surface area (Å²) in [5.74, 6) is -0.835. The van der Waals surface area contributed by atoms with Gasteiger partial charge in [-0.05, 0) is 55.9 Å². The van der Waals surface area contributed by atoms with Crippen molar-refractivity contribution in [1.29, 1.82) is 0 Å². The molecular formula is C28H30N2O2. The number of fused-ring (bicyclic) bond motifs is 3. The van der Waals surface area contributed by atoms with Crippen LogP contribution in [-0.2, 0) is 11.2 Å². The number of carbonyl (C=O) groups is 1. The van der Waals surface area contributed by atoms with Crippen LogP contribution in [0.2, 0.25) is 0 Å². The number of hydrogen-bond donors (Lipinski definition) is 1. The molecule has 32 heavy (non-hydrogen) atoms. The number of carboxylic acids is 1. The summed E-state index contributed by atoms with van der Waals surface area (Å²) in [5.41, 5.74) is 7.74. The quantitative estimate of drug-likeness (QED) is 0.399. The lowest BCUT2D eigenvalue weighted by Gasteiger charge is -2.27. The summed E-state index contributed by atoms with van der Waals surface area (Å²) >= 11 is 0. The second-order valence-electron chi connectivity index (χ2n) is 9.33. The topological polar surface area (TPSA) is 54.6 Å². The van der Waals surface area contributed by atoms with Gasteiger partial charge in [-0.15, -0.1) is 0 Å². The van der Waals surface area contributed by atoms with Gasteiger partial charge in [0.05, 0.1) is 11.4 Å². The average Bonchev–Trinajstić information content (AvgIpc) is 3.09. The van der Waals surface area contributed by atoms with Crippen molar-refractivity contribution in [2.24, 2.45) is 5.92 Å². The largest absolute Gasteiger partial charge is 0.481 e. The number of aromatic nitrogens is 2. The Morgan fingerprint density at radius 3 is 2.50 bits per heavy atom. The molecule has 5 rings (SSSR count). The van der Waals surface area contributed by atoms with Gasteiger partial charge in [0.1, 0.15) is 5.65 Å². The molecule has 1 saturated carbocycles. The highest BCUT2D eigenvalue weighted by atomic mass is 16.4. The molecule has 4 aromatic rings. The lowest BCUT2D eigenvalue weighted by atomic mass is 9.76. The molecule has 4 heteroatoms. The van der Waals surface area contributed by atoms with Crippen LogP contribution in [0.4, 0.5) is 0 Å². The first-order valence-electron chi connectivity index (χ1n) is 11.7. The van der Waals surface area contributed by atoms with Crippen molar-refractivity contribution in [1.82, 2.24) is 9.38 Å². The molecule has 1 aliphatic carbocycles. The maximum absolute atomic E-state index is 12.1. The van der Waals surface area contributed by atoms with Crippen LogP contribution in [0.5, 0.6) is 0 Å². The molecule has 0 aliphatic heterocycles. The summed E-state index contributed by atoms with van der Waals surface area (Å²) in [6.45, 7) is 4.17. The van der Waals surface area contributed by atoms with Crippen LogP contribution in [0.25, 0.3) is 16.6 Å². The lowest BCUT2D eigenvalue weighted by molar-refractivity contribution is -0.140. The van der Waals surface area contributed by atoms with Gasteiger partial charge in [-0.1, -0.05) is 61.7 Å². The van der Waals surface area contributed by atoms with Gasteiger partial charge in [0.25, 0.3) is 0 Å². The van der Waals surface area contributed by atoms with Gasteiger partial charge in [0, 0.05) is 28.8 Å². The first-order valence-corrected chi connectivity index (χ1v) is 11.7. The number of aliphatic carboxylic acids is 1. The van der Waals surface area contributed by atoms with Crippen molar-refractivity contribution in [3.63, 3.8) is 0 Å². The lowest BCUT2D eigenvalue weighted by Crippen LogP contribution is -2.23. The third-order valence-electron chi connectivity index (χ3n) is 7.11. The Kier molecular flexibility index (Phi) is 5.46. The van der Waals surface area contributed by atoms with Crippen molar-refractivity contribution >= 4 is 22.5 Å². The van der Waals surface area contributed by atoms with E-state index < -0.39 is 11.9 Å². The molecule has 0 amide bonds. The van der Waals surface area contributed by atoms with E-state index in [4.69, 9.17) is 4.98 Å². The van der Waals surface area contributed by atoms with Crippen LogP contribution in [-0.4, -0.2) is 20.5 Å². The standard InChI is InChI=1S/C28H30N2O2/c1-18-16-19(2)30-25-11-7-6-10-23(25)24(27(30)29-18)17-20-12-14-22(15-13-20)26(28(31)32)21-8-4-3-5-9-21/h6-7,10-16,21,26H,3-5,8-9,17H2,1-2H3,(H,31,32). The number of carboxylic acid groups (broad SMARTS) is 1. The van der Waals surface area contributed by atoms with E-state index in [1.54, 1.807) is 0 Å². The van der Waals surface area contributed by atoms with Gasteiger partial charge >= 0.3 is 5.97 Å². The molecular weight excluding hydrogens is 396 g/mol. The predicted molar refractivity (Wildman–Crippen MR) is 128 cm³/mol. The van der Waals surface area contributed by atoms with Crippen LogP contribution in [0.15, 0.2) is 54.6 Å². The number of para-hydroxylation sites is 1. The van der Waals surface area contributed by atoms with Crippen molar-refractivity contribution in [3.05, 3.63) is 82.7 Å². The molecule has 1 N–H and O–H groups in total. The monoisotopic (exact) mass is 426 g/mol. The summed E-state index contributed by atoms with van der Waals surface area (Å²) < 4.78 is 2.25. The van der Waals surface area contributed by atoms with E-state index in [-0.39, 0.29) is 5.92 Å². The molecule has 2 aromatic carbocycles. The molecule has 2 heterocycles. The first-order chi connectivity index (χ1) is 15.5. The minimum absolute atomic E-state index is 0.251. The number of hydrogen-bond acceptors (Lipinski definition) is 2. The SMILES string of the molecule is Cc1cc(C)n2c(n1)c(Cc1ccc(C(C(=O)O)C3CCCCC3)cc1)c1ccccc12. The van der Waals surface area contributed by atoms with Gasteiger partial charge < -0.3 is 5.11 Å². The first kappa shape index (κ1) is 20.7. The Balaban J connectivity index is 1.51. The number of rotatable bonds is 5. The van der Waals surface area contributed by atoms with Crippen LogP contribution < -0.4 is 0 Å². The van der Waals surface area contributed by atoms with E-state index in [1.165, 1.54) is 34.1 Å². The summed E-state index contributed by atoms with van der Waals surface area (Å²) in [6, 6.07) is 18.9. The van der Waals surface area contributed by atoms with Crippen molar-refractivity contribution < 1.29 is 9.90 Å². The van der Waals surface area contributed by atoms with E-state index in [1.807, 2.05) is 19.1 Å². The molecule has 0 saturated heterocycles. The molecule has 1 fully saturated rings. The molecule has 2 aromatic heterocycles. The smallest absolute Gasteiger partial charge is 0.311 e. The zero-order chi connectivity index (χ0) is 22.2. The summed E-state index contributed by atoms with van der Waals surface area (Å²) in [6.07, 6.45) is 6.33. The molecule has 0 spiro atoms. The zero-order valence-corrected chi connectivity index (χ0v) is 18.8. The molecule has 164 valence electrons. The van der Waals surface area contributed by atoms with Crippen LogP contribution in [0, 0.1) is 19.8 Å². The molecule has 1 aliphatic rings. The molecule has 0 radical (unpaired) electrons. The van der Waals surface area contributed by atoms with E-state index in [0.717, 1.165) is 49.0 Å². The Hall–Kier alpha value is -3.14. The van der Waals surface area contributed by atoms with Gasteiger partial charge in [-0.2, -0.15) is 0 Å². The number of benzene rings is 2. The van der Waals surface area contributed by atoms with Crippen molar-refractivity contribution in [3.8, 4) is 0 Å². The van der Waals surface area contributed by atoms with Gasteiger partial charge in [0.15, 0.2) is 0 Å². The van der Waals surface area contributed by atoms with Crippen LogP contribution in [0.3, 0.4) is 0 Å². The number of nitrogens with zero attached hydrogens (tertiary/aromatic N) is 2. The van der Waals surface area contributed by atoms with Gasteiger partial charge in [-0.3, -0.25) is 9.20 Å². The summed E-state index contributed by atoms with van der Waals surface area (Å²) in [5, 5.41) is 11.2. The average molecular weight is 427 g/mol. The van der Waals surface area contributed by atoms with Gasteiger partial charge in [0.2, 0.25) is 0 Å². The minimum Gasteiger partial charge on any atom is -0.481 e. The minimum atomic E-state index is -0.691. The Morgan fingerprint density at radius 1 is 1.06 bits per heavy atom. The van der Waals surface area contributed by atoms with Crippen LogP contribution in [0.1, 0.15) is 66.1 Å². The van der Waals surface area contributed by atoms with Crippen LogP contribution >= 0.6 is 0 Å². The Morgan fingerprint density at radius 2 is 1.78 bits per heavy atom. The Bertz CT molecular complexity index is 1280. The zero-order valence-electron chi connectivity index (χ0n) is 18.8. The molecule has 1 atom stereocenters. The maximum atomic E-state index is 12.1. The fraction of sp³-hybridized carbons (Fsp3) is 0.357. The van der Waals surface area contributed by atoms with E-state index in [0.29, 0.717) is 0 Å². The highest BCUT2D eigenvalue weighted by Crippen LogP contribution is 2.37. The normalized spacial score (nSPS) is 15.9. The second kappa shape index (κ2) is 8.42. The third-order valence-corrected chi connectivity index (χ3v) is 7.11. The predicted octanol–water partition coefficient (Wildman–Crippen LogP) is 6.44. The Labute approximate surface area is 188 Å². The van der Waals surface area contributed by atoms with E-state index in [9.17, 15) is 9.90 Å². The molecule has 0 bridgehead atoms. The third kappa shape index (κ3) is 3.68. The van der Waals surface area contributed by atoms with E-state index in [2.05, 4.69) is 53.8 Å². The summed E-state index contributed by atoms with van der Waals surface area (Å²) in [4.78, 5) is 17.0. The fourth-order valence-electron chi connectivity index (χ4n) is 5.64. The number of aryl methyl sites for hydroxylation is 2. The van der Waals surface area contributed by atoms with Gasteiger partial charge in [-0.25, -0.2) is 4.98 Å². The molecule has 1 unspecified atom stereocenters. The second-order valence-corrected chi connectivity index (χ2v) is 9.33. The highest BCUT2D eigenvalue weighted by Gasteiger charge is 2.30. The molecule has 4 nitrogen and oxygen atoms in total. The highest BCUT2D eigenvalue weighted by molar-refractivity contribution is 5.91. The van der Waals surface area contributed by atoms with E-state index >= 15 is 0 Å². The summed E-state index contributed by atoms with van der Waals surface area (Å²) in [7, 11) is 0. The fourth-order valence-corrected chi connectivity index (χ4v) is 5.64. The van der Waals surface area contributed by atoms with Crippen molar-refractivity contribution in [2.45, 2.75) is 58.3 Å².